The first-order chi connectivity index (χ1) is 5.87. The monoisotopic (exact) mass is 182 g/mol. The van der Waals surface area contributed by atoms with Crippen molar-refractivity contribution in [1.82, 2.24) is 0 Å². The lowest BCUT2D eigenvalue weighted by atomic mass is 9.90. The molecule has 0 aliphatic heterocycles. The lowest BCUT2D eigenvalue weighted by molar-refractivity contribution is -0.113. The van der Waals surface area contributed by atoms with Gasteiger partial charge in [-0.1, -0.05) is 40.2 Å². The smallest absolute Gasteiger partial charge is 0.155 e. The second-order valence-electron chi connectivity index (χ2n) is 4.70. The summed E-state index contributed by atoms with van der Waals surface area (Å²) in [6.45, 7) is 10.2. The first-order valence-electron chi connectivity index (χ1n) is 5.09. The summed E-state index contributed by atoms with van der Waals surface area (Å²) in [7, 11) is 0. The Bertz CT molecular complexity index is 194. The third-order valence-electron chi connectivity index (χ3n) is 1.86. The molecule has 0 rings (SSSR count). The predicted molar refractivity (Wildman–Crippen MR) is 57.7 cm³/mol. The van der Waals surface area contributed by atoms with E-state index in [-0.39, 0.29) is 11.2 Å². The lowest BCUT2D eigenvalue weighted by Gasteiger charge is -2.14. The van der Waals surface area contributed by atoms with Gasteiger partial charge in [-0.15, -0.1) is 0 Å². The van der Waals surface area contributed by atoms with Crippen LogP contribution < -0.4 is 0 Å². The second-order valence-corrected chi connectivity index (χ2v) is 4.70. The molecule has 0 aromatic rings. The molecule has 1 nitrogen and oxygen atoms in total. The van der Waals surface area contributed by atoms with Crippen LogP contribution in [0.1, 0.15) is 53.9 Å². The summed E-state index contributed by atoms with van der Waals surface area (Å²) in [5, 5.41) is 0. The van der Waals surface area contributed by atoms with Crippen molar-refractivity contribution in [2.75, 3.05) is 0 Å². The van der Waals surface area contributed by atoms with Crippen molar-refractivity contribution in [1.29, 1.82) is 0 Å². The maximum absolute atomic E-state index is 11.3. The Kier molecular flexibility index (Phi) is 4.97. The molecule has 0 bridgehead atoms. The molecule has 0 saturated carbocycles. The molecule has 0 N–H and O–H groups in total. The van der Waals surface area contributed by atoms with E-state index < -0.39 is 0 Å². The zero-order valence-electron chi connectivity index (χ0n) is 9.61. The van der Waals surface area contributed by atoms with Crippen molar-refractivity contribution >= 4 is 5.78 Å². The summed E-state index contributed by atoms with van der Waals surface area (Å²) < 4.78 is 0. The number of carbonyl (C=O) groups is 1. The van der Waals surface area contributed by atoms with Crippen LogP contribution >= 0.6 is 0 Å². The van der Waals surface area contributed by atoms with Crippen LogP contribution in [-0.4, -0.2) is 5.78 Å². The number of rotatable bonds is 4. The van der Waals surface area contributed by atoms with Gasteiger partial charge in [0.1, 0.15) is 0 Å². The quantitative estimate of drug-likeness (QED) is 0.605. The van der Waals surface area contributed by atoms with Gasteiger partial charge in [0.2, 0.25) is 0 Å². The molecule has 1 heteroatoms. The first-order valence-corrected chi connectivity index (χ1v) is 5.09. The third kappa shape index (κ3) is 6.56. The fourth-order valence-electron chi connectivity index (χ4n) is 1.24. The first kappa shape index (κ1) is 12.4. The van der Waals surface area contributed by atoms with Gasteiger partial charge in [0.15, 0.2) is 5.78 Å². The summed E-state index contributed by atoms with van der Waals surface area (Å²) in [6, 6.07) is 0. The van der Waals surface area contributed by atoms with Gasteiger partial charge in [0, 0.05) is 0 Å². The van der Waals surface area contributed by atoms with Crippen molar-refractivity contribution in [2.24, 2.45) is 5.41 Å². The minimum absolute atomic E-state index is 0.120. The standard InChI is InChI=1S/C12H22O/c1-6-7-8-11(10(2)13)9-12(3,4)5/h9H,6-8H2,1-5H3/b11-9+. The van der Waals surface area contributed by atoms with Gasteiger partial charge < -0.3 is 0 Å². The summed E-state index contributed by atoms with van der Waals surface area (Å²) in [5.74, 6) is 0.225. The van der Waals surface area contributed by atoms with E-state index in [4.69, 9.17) is 0 Å². The molecule has 0 radical (unpaired) electrons. The predicted octanol–water partition coefficient (Wildman–Crippen LogP) is 3.74. The minimum atomic E-state index is 0.120. The zero-order chi connectivity index (χ0) is 10.5. The van der Waals surface area contributed by atoms with Crippen LogP contribution in [0, 0.1) is 5.41 Å². The SMILES string of the molecule is CCCC/C(=C\C(C)(C)C)C(C)=O. The summed E-state index contributed by atoms with van der Waals surface area (Å²) in [5.41, 5.74) is 1.11. The number of unbranched alkanes of at least 4 members (excludes halogenated alkanes) is 1. The van der Waals surface area contributed by atoms with Gasteiger partial charge in [-0.2, -0.15) is 0 Å². The van der Waals surface area contributed by atoms with Crippen LogP contribution in [0.3, 0.4) is 0 Å². The van der Waals surface area contributed by atoms with Gasteiger partial charge in [0.25, 0.3) is 0 Å². The molecule has 0 atom stereocenters. The third-order valence-corrected chi connectivity index (χ3v) is 1.86. The van der Waals surface area contributed by atoms with Crippen molar-refractivity contribution in [3.8, 4) is 0 Å². The Labute approximate surface area is 82.2 Å². The number of Topliss-reactive ketones (excluding diaryl/α,β-unsaturated/α-hetero) is 1. The lowest BCUT2D eigenvalue weighted by Crippen LogP contribution is -2.06. The molecule has 0 aliphatic carbocycles. The minimum Gasteiger partial charge on any atom is -0.295 e. The molecule has 13 heavy (non-hydrogen) atoms. The average molecular weight is 182 g/mol. The normalized spacial score (nSPS) is 13.2. The number of ketones is 1. The highest BCUT2D eigenvalue weighted by atomic mass is 16.1. The molecule has 76 valence electrons. The van der Waals surface area contributed by atoms with Gasteiger partial charge in [-0.05, 0) is 30.8 Å². The molecular formula is C12H22O. The van der Waals surface area contributed by atoms with Crippen LogP contribution in [-0.2, 0) is 4.79 Å². The summed E-state index contributed by atoms with van der Waals surface area (Å²) in [4.78, 5) is 11.3. The van der Waals surface area contributed by atoms with Crippen LogP contribution in [0.25, 0.3) is 0 Å². The van der Waals surface area contributed by atoms with Crippen molar-refractivity contribution < 1.29 is 4.79 Å². The maximum Gasteiger partial charge on any atom is 0.155 e. The van der Waals surface area contributed by atoms with E-state index in [1.165, 1.54) is 0 Å². The van der Waals surface area contributed by atoms with E-state index in [9.17, 15) is 4.79 Å². The Morgan fingerprint density at radius 1 is 1.31 bits per heavy atom. The molecule has 0 aromatic heterocycles. The highest BCUT2D eigenvalue weighted by Crippen LogP contribution is 2.20. The topological polar surface area (TPSA) is 17.1 Å². The molecule has 0 saturated heterocycles. The largest absolute Gasteiger partial charge is 0.295 e. The van der Waals surface area contributed by atoms with Gasteiger partial charge in [0.05, 0.1) is 0 Å². The Hall–Kier alpha value is -0.590. The molecule has 0 aliphatic rings. The average Bonchev–Trinajstić information content (AvgIpc) is 1.95. The van der Waals surface area contributed by atoms with E-state index >= 15 is 0 Å². The molecule has 0 fully saturated rings. The number of carbonyl (C=O) groups excluding carboxylic acids is 1. The van der Waals surface area contributed by atoms with Crippen LogP contribution in [0.5, 0.6) is 0 Å². The van der Waals surface area contributed by atoms with E-state index in [2.05, 4.69) is 33.8 Å². The fourth-order valence-corrected chi connectivity index (χ4v) is 1.24. The highest BCUT2D eigenvalue weighted by Gasteiger charge is 2.10. The van der Waals surface area contributed by atoms with Gasteiger partial charge in [-0.3, -0.25) is 4.79 Å². The van der Waals surface area contributed by atoms with Crippen molar-refractivity contribution in [2.45, 2.75) is 53.9 Å². The van der Waals surface area contributed by atoms with E-state index in [0.29, 0.717) is 0 Å². The Balaban J connectivity index is 4.42. The van der Waals surface area contributed by atoms with Gasteiger partial charge in [-0.25, -0.2) is 0 Å². The van der Waals surface area contributed by atoms with Crippen LogP contribution in [0.2, 0.25) is 0 Å². The number of allylic oxidation sites excluding steroid dienone is 2. The van der Waals surface area contributed by atoms with Crippen LogP contribution in [0.15, 0.2) is 11.6 Å². The van der Waals surface area contributed by atoms with Crippen LogP contribution in [0.4, 0.5) is 0 Å². The number of hydrogen-bond acceptors (Lipinski definition) is 1. The van der Waals surface area contributed by atoms with E-state index in [1.54, 1.807) is 6.92 Å². The van der Waals surface area contributed by atoms with Gasteiger partial charge >= 0.3 is 0 Å². The Morgan fingerprint density at radius 3 is 2.15 bits per heavy atom. The second kappa shape index (κ2) is 5.21. The molecule has 0 amide bonds. The molecule has 0 heterocycles. The summed E-state index contributed by atoms with van der Waals surface area (Å²) in [6.07, 6.45) is 5.30. The van der Waals surface area contributed by atoms with Crippen molar-refractivity contribution in [3.05, 3.63) is 11.6 Å². The molecular weight excluding hydrogens is 160 g/mol. The molecule has 0 unspecified atom stereocenters. The maximum atomic E-state index is 11.3. The molecule has 0 spiro atoms. The fraction of sp³-hybridized carbons (Fsp3) is 0.750. The summed E-state index contributed by atoms with van der Waals surface area (Å²) >= 11 is 0. The van der Waals surface area contributed by atoms with Crippen molar-refractivity contribution in [3.63, 3.8) is 0 Å². The number of hydrogen-bond donors (Lipinski definition) is 0. The van der Waals surface area contributed by atoms with E-state index in [0.717, 1.165) is 24.8 Å². The van der Waals surface area contributed by atoms with E-state index in [1.807, 2.05) is 0 Å². The zero-order valence-corrected chi connectivity index (χ0v) is 9.61. The Morgan fingerprint density at radius 2 is 1.85 bits per heavy atom. The highest BCUT2D eigenvalue weighted by molar-refractivity contribution is 5.93. The molecule has 0 aromatic carbocycles.